The van der Waals surface area contributed by atoms with Crippen LogP contribution >= 0.6 is 0 Å². The van der Waals surface area contributed by atoms with Gasteiger partial charge >= 0.3 is 0 Å². The monoisotopic (exact) mass is 400 g/mol. The molecule has 0 unspecified atom stereocenters. The number of nitrogens with zero attached hydrogens (tertiary/aromatic N) is 2. The van der Waals surface area contributed by atoms with E-state index in [9.17, 15) is 14.0 Å². The zero-order chi connectivity index (χ0) is 20.7. The molecule has 0 radical (unpaired) electrons. The van der Waals surface area contributed by atoms with Crippen LogP contribution in [0.1, 0.15) is 47.5 Å². The Morgan fingerprint density at radius 2 is 1.23 bits per heavy atom. The van der Waals surface area contributed by atoms with Crippen LogP contribution in [0.3, 0.4) is 0 Å². The second-order valence-corrected chi connectivity index (χ2v) is 7.83. The molecule has 0 bridgehead atoms. The molecule has 0 aliphatic carbocycles. The summed E-state index contributed by atoms with van der Waals surface area (Å²) in [7, 11) is 0. The lowest BCUT2D eigenvalue weighted by Gasteiger charge is -2.45. The molecule has 2 aliphatic heterocycles. The van der Waals surface area contributed by atoms with E-state index in [1.54, 1.807) is 12.1 Å². The minimum absolute atomic E-state index is 0.141. The Labute approximate surface area is 174 Å². The standard InChI is InChI=1S/C25H21FN2O2/c26-20-13-11-19(12-14-20)25-21(17-7-3-1-4-8-17)15-23(29)28-24(30)16-22(27(25)28)18-9-5-2-6-10-18/h1-14,21-22,25H,15-16H2/t21-,22+,25+/m0/s1. The fourth-order valence-electron chi connectivity index (χ4n) is 4.76. The van der Waals surface area contributed by atoms with Crippen molar-refractivity contribution in [2.45, 2.75) is 30.8 Å². The van der Waals surface area contributed by atoms with Gasteiger partial charge in [0.25, 0.3) is 0 Å². The van der Waals surface area contributed by atoms with Gasteiger partial charge in [-0.25, -0.2) is 9.40 Å². The van der Waals surface area contributed by atoms with Crippen molar-refractivity contribution in [2.24, 2.45) is 0 Å². The average Bonchev–Trinajstić information content (AvgIpc) is 3.13. The number of carbonyl (C=O) groups excluding carboxylic acids is 2. The largest absolute Gasteiger partial charge is 0.273 e. The van der Waals surface area contributed by atoms with Crippen molar-refractivity contribution in [1.29, 1.82) is 0 Å². The molecule has 2 amide bonds. The molecule has 0 aromatic heterocycles. The van der Waals surface area contributed by atoms with Gasteiger partial charge in [-0.05, 0) is 28.8 Å². The van der Waals surface area contributed by atoms with Gasteiger partial charge in [-0.3, -0.25) is 9.59 Å². The molecule has 150 valence electrons. The molecular weight excluding hydrogens is 379 g/mol. The van der Waals surface area contributed by atoms with Crippen molar-refractivity contribution in [2.75, 3.05) is 0 Å². The summed E-state index contributed by atoms with van der Waals surface area (Å²) < 4.78 is 13.7. The van der Waals surface area contributed by atoms with E-state index < -0.39 is 0 Å². The van der Waals surface area contributed by atoms with E-state index in [0.29, 0.717) is 0 Å². The second-order valence-electron chi connectivity index (χ2n) is 7.83. The maximum Gasteiger partial charge on any atom is 0.245 e. The molecule has 5 rings (SSSR count). The molecule has 3 aromatic rings. The van der Waals surface area contributed by atoms with Crippen molar-refractivity contribution >= 4 is 11.8 Å². The van der Waals surface area contributed by atoms with Crippen LogP contribution in [-0.2, 0) is 9.59 Å². The van der Waals surface area contributed by atoms with Crippen LogP contribution in [-0.4, -0.2) is 21.8 Å². The summed E-state index contributed by atoms with van der Waals surface area (Å²) in [5.41, 5.74) is 2.91. The minimum atomic E-state index is -0.309. The van der Waals surface area contributed by atoms with Crippen LogP contribution in [0.25, 0.3) is 0 Å². The van der Waals surface area contributed by atoms with Gasteiger partial charge < -0.3 is 0 Å². The van der Waals surface area contributed by atoms with Crippen LogP contribution in [0.4, 0.5) is 4.39 Å². The van der Waals surface area contributed by atoms with E-state index in [1.807, 2.05) is 65.7 Å². The maximum absolute atomic E-state index is 13.7. The van der Waals surface area contributed by atoms with Gasteiger partial charge in [0.2, 0.25) is 11.8 Å². The van der Waals surface area contributed by atoms with Crippen LogP contribution in [0, 0.1) is 5.82 Å². The Bertz CT molecular complexity index is 1070. The predicted molar refractivity (Wildman–Crippen MR) is 110 cm³/mol. The molecule has 2 saturated heterocycles. The molecule has 5 heteroatoms. The van der Waals surface area contributed by atoms with Crippen LogP contribution in [0.5, 0.6) is 0 Å². The van der Waals surface area contributed by atoms with Crippen molar-refractivity contribution in [3.63, 3.8) is 0 Å². The van der Waals surface area contributed by atoms with Crippen molar-refractivity contribution in [1.82, 2.24) is 10.0 Å². The first-order valence-electron chi connectivity index (χ1n) is 10.1. The molecule has 30 heavy (non-hydrogen) atoms. The highest BCUT2D eigenvalue weighted by Gasteiger charge is 2.52. The summed E-state index contributed by atoms with van der Waals surface area (Å²) >= 11 is 0. The first-order valence-corrected chi connectivity index (χ1v) is 10.1. The average molecular weight is 400 g/mol. The Balaban J connectivity index is 1.67. The number of hydrazine groups is 1. The zero-order valence-corrected chi connectivity index (χ0v) is 16.3. The quantitative estimate of drug-likeness (QED) is 0.595. The number of imide groups is 1. The van der Waals surface area contributed by atoms with Gasteiger partial charge in [-0.2, -0.15) is 5.01 Å². The number of hydrogen-bond donors (Lipinski definition) is 0. The first kappa shape index (κ1) is 18.7. The number of carbonyl (C=O) groups is 2. The second kappa shape index (κ2) is 7.50. The van der Waals surface area contributed by atoms with Crippen molar-refractivity contribution < 1.29 is 14.0 Å². The minimum Gasteiger partial charge on any atom is -0.273 e. The summed E-state index contributed by atoms with van der Waals surface area (Å²) in [5, 5.41) is 3.25. The summed E-state index contributed by atoms with van der Waals surface area (Å²) in [6, 6.07) is 25.6. The molecule has 2 aliphatic rings. The van der Waals surface area contributed by atoms with E-state index in [2.05, 4.69) is 0 Å². The van der Waals surface area contributed by atoms with Crippen LogP contribution in [0.2, 0.25) is 0 Å². The fourth-order valence-corrected chi connectivity index (χ4v) is 4.76. The Morgan fingerprint density at radius 3 is 1.87 bits per heavy atom. The Hall–Kier alpha value is -3.31. The molecule has 3 aromatic carbocycles. The number of rotatable bonds is 3. The third-order valence-electron chi connectivity index (χ3n) is 6.07. The van der Waals surface area contributed by atoms with E-state index in [0.717, 1.165) is 16.7 Å². The molecule has 0 spiro atoms. The Kier molecular flexibility index (Phi) is 4.68. The number of fused-ring (bicyclic) bond motifs is 1. The molecule has 2 fully saturated rings. The number of halogens is 1. The normalized spacial score (nSPS) is 24.2. The van der Waals surface area contributed by atoms with E-state index >= 15 is 0 Å². The lowest BCUT2D eigenvalue weighted by atomic mass is 9.82. The lowest BCUT2D eigenvalue weighted by molar-refractivity contribution is -0.170. The number of benzene rings is 3. The first-order chi connectivity index (χ1) is 14.6. The summed E-state index contributed by atoms with van der Waals surface area (Å²) in [4.78, 5) is 26.0. The van der Waals surface area contributed by atoms with E-state index in [-0.39, 0.29) is 48.5 Å². The molecule has 4 nitrogen and oxygen atoms in total. The van der Waals surface area contributed by atoms with Gasteiger partial charge in [0.05, 0.1) is 18.5 Å². The van der Waals surface area contributed by atoms with E-state index in [4.69, 9.17) is 0 Å². The van der Waals surface area contributed by atoms with Gasteiger partial charge in [0, 0.05) is 12.3 Å². The zero-order valence-electron chi connectivity index (χ0n) is 16.3. The molecular formula is C25H21FN2O2. The highest BCUT2D eigenvalue weighted by Crippen LogP contribution is 2.50. The molecule has 0 N–H and O–H groups in total. The number of hydrogen-bond acceptors (Lipinski definition) is 3. The predicted octanol–water partition coefficient (Wildman–Crippen LogP) is 4.77. The van der Waals surface area contributed by atoms with Gasteiger partial charge in [0.15, 0.2) is 0 Å². The SMILES string of the molecule is O=C1C[C@H](c2ccccc2)N2[C@H](c3ccc(F)cc3)[C@H](c3ccccc3)CC(=O)N12. The van der Waals surface area contributed by atoms with Gasteiger partial charge in [-0.1, -0.05) is 72.8 Å². The van der Waals surface area contributed by atoms with Crippen molar-refractivity contribution in [3.05, 3.63) is 107 Å². The fraction of sp³-hybridized carbons (Fsp3) is 0.200. The third kappa shape index (κ3) is 3.12. The Morgan fingerprint density at radius 1 is 0.667 bits per heavy atom. The molecule has 0 saturated carbocycles. The van der Waals surface area contributed by atoms with Crippen LogP contribution in [0.15, 0.2) is 84.9 Å². The summed E-state index contributed by atoms with van der Waals surface area (Å²) in [6.07, 6.45) is 0.477. The molecule has 2 heterocycles. The highest BCUT2D eigenvalue weighted by atomic mass is 19.1. The number of amides is 2. The van der Waals surface area contributed by atoms with Gasteiger partial charge in [0.1, 0.15) is 5.82 Å². The van der Waals surface area contributed by atoms with E-state index in [1.165, 1.54) is 17.1 Å². The summed E-state index contributed by atoms with van der Waals surface area (Å²) in [6.45, 7) is 0. The smallest absolute Gasteiger partial charge is 0.245 e. The topological polar surface area (TPSA) is 40.6 Å². The summed E-state index contributed by atoms with van der Waals surface area (Å²) in [5.74, 6) is -0.827. The maximum atomic E-state index is 13.7. The van der Waals surface area contributed by atoms with Gasteiger partial charge in [-0.15, -0.1) is 0 Å². The van der Waals surface area contributed by atoms with Crippen molar-refractivity contribution in [3.8, 4) is 0 Å². The van der Waals surface area contributed by atoms with Crippen LogP contribution < -0.4 is 0 Å². The lowest BCUT2D eigenvalue weighted by Crippen LogP contribution is -2.52. The third-order valence-corrected chi connectivity index (χ3v) is 6.07. The highest BCUT2D eigenvalue weighted by molar-refractivity contribution is 5.97. The molecule has 3 atom stereocenters.